The summed E-state index contributed by atoms with van der Waals surface area (Å²) in [7, 11) is 0. The van der Waals surface area contributed by atoms with E-state index in [0.29, 0.717) is 15.5 Å². The Kier molecular flexibility index (Phi) is 2.29. The first-order chi connectivity index (χ1) is 6.24. The predicted octanol–water partition coefficient (Wildman–Crippen LogP) is 3.19. The first-order valence-electron chi connectivity index (χ1n) is 3.60. The molecule has 0 aliphatic carbocycles. The highest BCUT2D eigenvalue weighted by Gasteiger charge is 2.11. The van der Waals surface area contributed by atoms with E-state index in [0.717, 1.165) is 4.90 Å². The molecule has 13 heavy (non-hydrogen) atoms. The summed E-state index contributed by atoms with van der Waals surface area (Å²) in [4.78, 5) is 0.971. The van der Waals surface area contributed by atoms with Crippen LogP contribution in [0.15, 0.2) is 21.6 Å². The van der Waals surface area contributed by atoms with Gasteiger partial charge in [-0.2, -0.15) is 5.10 Å². The average Bonchev–Trinajstić information content (AvgIpc) is 2.50. The van der Waals surface area contributed by atoms with Crippen LogP contribution in [0.1, 0.15) is 0 Å². The molecule has 0 atom stereocenters. The van der Waals surface area contributed by atoms with Crippen molar-refractivity contribution in [2.24, 2.45) is 0 Å². The Balaban J connectivity index is 2.87. The number of halogens is 2. The van der Waals surface area contributed by atoms with Crippen molar-refractivity contribution < 1.29 is 4.39 Å². The van der Waals surface area contributed by atoms with E-state index in [1.54, 1.807) is 17.8 Å². The second kappa shape index (κ2) is 3.31. The van der Waals surface area contributed by atoms with Crippen LogP contribution in [0.25, 0.3) is 10.9 Å². The molecule has 0 saturated carbocycles. The Hall–Kier alpha value is -0.550. The van der Waals surface area contributed by atoms with Gasteiger partial charge < -0.3 is 0 Å². The highest BCUT2D eigenvalue weighted by atomic mass is 79.9. The number of hydrogen-bond donors (Lipinski definition) is 1. The molecule has 0 fully saturated rings. The van der Waals surface area contributed by atoms with Gasteiger partial charge in [-0.15, -0.1) is 11.8 Å². The number of nitrogens with one attached hydrogen (secondary N) is 1. The van der Waals surface area contributed by atoms with Crippen LogP contribution in [0.2, 0.25) is 0 Å². The summed E-state index contributed by atoms with van der Waals surface area (Å²) >= 11 is 4.76. The minimum absolute atomic E-state index is 0.256. The van der Waals surface area contributed by atoms with Gasteiger partial charge in [0.05, 0.1) is 5.39 Å². The molecule has 0 aliphatic rings. The third-order valence-electron chi connectivity index (χ3n) is 1.80. The topological polar surface area (TPSA) is 28.7 Å². The van der Waals surface area contributed by atoms with Gasteiger partial charge in [0.15, 0.2) is 0 Å². The lowest BCUT2D eigenvalue weighted by Gasteiger charge is -1.97. The molecule has 1 N–H and O–H groups in total. The molecule has 0 saturated heterocycles. The van der Waals surface area contributed by atoms with Crippen molar-refractivity contribution in [2.75, 3.05) is 6.26 Å². The molecule has 2 rings (SSSR count). The van der Waals surface area contributed by atoms with Crippen LogP contribution in [-0.4, -0.2) is 16.5 Å². The maximum atomic E-state index is 13.3. The molecule has 68 valence electrons. The molecule has 1 heterocycles. The van der Waals surface area contributed by atoms with Crippen molar-refractivity contribution in [3.63, 3.8) is 0 Å². The van der Waals surface area contributed by atoms with Gasteiger partial charge in [-0.3, -0.25) is 5.10 Å². The lowest BCUT2D eigenvalue weighted by atomic mass is 10.2. The molecule has 0 unspecified atom stereocenters. The third-order valence-corrected chi connectivity index (χ3v) is 3.14. The monoisotopic (exact) mass is 260 g/mol. The lowest BCUT2D eigenvalue weighted by molar-refractivity contribution is 0.639. The van der Waals surface area contributed by atoms with E-state index >= 15 is 0 Å². The minimum atomic E-state index is -0.256. The molecule has 5 heteroatoms. The van der Waals surface area contributed by atoms with E-state index in [-0.39, 0.29) is 5.82 Å². The Morgan fingerprint density at radius 2 is 2.31 bits per heavy atom. The third kappa shape index (κ3) is 1.36. The van der Waals surface area contributed by atoms with Crippen LogP contribution in [0.3, 0.4) is 0 Å². The molecule has 0 amide bonds. The molecule has 0 aliphatic heterocycles. The number of rotatable bonds is 1. The Bertz CT molecular complexity index is 455. The SMILES string of the molecule is CSc1ccc(F)c2c(Br)[nH]nc12. The van der Waals surface area contributed by atoms with Crippen LogP contribution < -0.4 is 0 Å². The molecule has 2 aromatic rings. The van der Waals surface area contributed by atoms with Crippen molar-refractivity contribution in [3.8, 4) is 0 Å². The van der Waals surface area contributed by atoms with Crippen molar-refractivity contribution in [3.05, 3.63) is 22.6 Å². The smallest absolute Gasteiger partial charge is 0.135 e. The van der Waals surface area contributed by atoms with Crippen molar-refractivity contribution >= 4 is 38.6 Å². The number of hydrogen-bond acceptors (Lipinski definition) is 2. The van der Waals surface area contributed by atoms with E-state index in [4.69, 9.17) is 0 Å². The van der Waals surface area contributed by atoms with E-state index in [2.05, 4.69) is 26.1 Å². The molecule has 1 aromatic heterocycles. The molecule has 1 aromatic carbocycles. The highest BCUT2D eigenvalue weighted by molar-refractivity contribution is 9.10. The zero-order chi connectivity index (χ0) is 9.42. The number of H-pyrrole nitrogens is 1. The second-order valence-electron chi connectivity index (χ2n) is 2.51. The van der Waals surface area contributed by atoms with Crippen LogP contribution >= 0.6 is 27.7 Å². The van der Waals surface area contributed by atoms with Crippen molar-refractivity contribution in [2.45, 2.75) is 4.90 Å². The summed E-state index contributed by atoms with van der Waals surface area (Å²) in [5.41, 5.74) is 0.680. The lowest BCUT2D eigenvalue weighted by Crippen LogP contribution is -1.79. The number of aromatic amines is 1. The zero-order valence-corrected chi connectivity index (χ0v) is 9.17. The summed E-state index contributed by atoms with van der Waals surface area (Å²) in [6.45, 7) is 0. The summed E-state index contributed by atoms with van der Waals surface area (Å²) in [6.07, 6.45) is 1.94. The average molecular weight is 261 g/mol. The van der Waals surface area contributed by atoms with Gasteiger partial charge in [0.2, 0.25) is 0 Å². The Labute approximate surface area is 87.0 Å². The van der Waals surface area contributed by atoms with Gasteiger partial charge in [0.1, 0.15) is 15.9 Å². The first kappa shape index (κ1) is 9.02. The number of aromatic nitrogens is 2. The van der Waals surface area contributed by atoms with E-state index in [1.165, 1.54) is 6.07 Å². The number of benzene rings is 1. The first-order valence-corrected chi connectivity index (χ1v) is 5.62. The van der Waals surface area contributed by atoms with Gasteiger partial charge in [-0.05, 0) is 34.3 Å². The summed E-state index contributed by atoms with van der Waals surface area (Å²) < 4.78 is 13.9. The van der Waals surface area contributed by atoms with E-state index in [9.17, 15) is 4.39 Å². The van der Waals surface area contributed by atoms with E-state index in [1.807, 2.05) is 6.26 Å². The van der Waals surface area contributed by atoms with Crippen LogP contribution in [0, 0.1) is 5.82 Å². The quantitative estimate of drug-likeness (QED) is 0.798. The van der Waals surface area contributed by atoms with Crippen molar-refractivity contribution in [1.29, 1.82) is 0 Å². The largest absolute Gasteiger partial charge is 0.270 e. The predicted molar refractivity (Wildman–Crippen MR) is 55.5 cm³/mol. The molecule has 0 bridgehead atoms. The molecular formula is C8H6BrFN2S. The molecule has 0 spiro atoms. The Morgan fingerprint density at radius 3 is 3.00 bits per heavy atom. The van der Waals surface area contributed by atoms with Gasteiger partial charge in [-0.1, -0.05) is 0 Å². The Morgan fingerprint density at radius 1 is 1.54 bits per heavy atom. The van der Waals surface area contributed by atoms with Gasteiger partial charge >= 0.3 is 0 Å². The number of fused-ring (bicyclic) bond motifs is 1. The van der Waals surface area contributed by atoms with Crippen LogP contribution in [0.4, 0.5) is 4.39 Å². The molecule has 0 radical (unpaired) electrons. The minimum Gasteiger partial charge on any atom is -0.270 e. The standard InChI is InChI=1S/C8H6BrFN2S/c1-13-5-3-2-4(10)6-7(5)11-12-8(6)9/h2-3H,1H3,(H,11,12). The maximum absolute atomic E-state index is 13.3. The number of nitrogens with zero attached hydrogens (tertiary/aromatic N) is 1. The summed E-state index contributed by atoms with van der Waals surface area (Å²) in [5.74, 6) is -0.256. The fraction of sp³-hybridized carbons (Fsp3) is 0.125. The van der Waals surface area contributed by atoms with Gasteiger partial charge in [0, 0.05) is 4.90 Å². The zero-order valence-electron chi connectivity index (χ0n) is 6.77. The fourth-order valence-corrected chi connectivity index (χ4v) is 2.20. The summed E-state index contributed by atoms with van der Waals surface area (Å²) in [6, 6.07) is 3.18. The molecule has 2 nitrogen and oxygen atoms in total. The second-order valence-corrected chi connectivity index (χ2v) is 4.15. The number of thioether (sulfide) groups is 1. The van der Waals surface area contributed by atoms with Crippen molar-refractivity contribution in [1.82, 2.24) is 10.2 Å². The molecular weight excluding hydrogens is 255 g/mol. The van der Waals surface area contributed by atoms with E-state index < -0.39 is 0 Å². The normalized spacial score (nSPS) is 11.0. The van der Waals surface area contributed by atoms with Gasteiger partial charge in [-0.25, -0.2) is 4.39 Å². The maximum Gasteiger partial charge on any atom is 0.135 e. The highest BCUT2D eigenvalue weighted by Crippen LogP contribution is 2.30. The van der Waals surface area contributed by atoms with Crippen LogP contribution in [-0.2, 0) is 0 Å². The fourth-order valence-electron chi connectivity index (χ4n) is 1.19. The van der Waals surface area contributed by atoms with Crippen LogP contribution in [0.5, 0.6) is 0 Å². The summed E-state index contributed by atoms with van der Waals surface area (Å²) in [5, 5.41) is 7.24. The van der Waals surface area contributed by atoms with Gasteiger partial charge in [0.25, 0.3) is 0 Å².